The third-order valence-electron chi connectivity index (χ3n) is 3.53. The fourth-order valence-electron chi connectivity index (χ4n) is 2.44. The molecule has 1 aromatic heterocycles. The minimum absolute atomic E-state index is 0.659. The zero-order chi connectivity index (χ0) is 11.4. The highest BCUT2D eigenvalue weighted by Gasteiger charge is 2.24. The molecule has 1 aliphatic rings. The first-order chi connectivity index (χ1) is 7.79. The maximum absolute atomic E-state index is 4.17. The van der Waals surface area contributed by atoms with Gasteiger partial charge in [-0.25, -0.2) is 0 Å². The van der Waals surface area contributed by atoms with Crippen LogP contribution in [0, 0.1) is 0 Å². The van der Waals surface area contributed by atoms with E-state index in [9.17, 15) is 0 Å². The lowest BCUT2D eigenvalue weighted by molar-refractivity contribution is 0.131. The van der Waals surface area contributed by atoms with Crippen LogP contribution >= 0.6 is 0 Å². The fourth-order valence-corrected chi connectivity index (χ4v) is 2.44. The number of piperidine rings is 1. The van der Waals surface area contributed by atoms with Crippen molar-refractivity contribution in [1.82, 2.24) is 15.2 Å². The first-order valence-corrected chi connectivity index (χ1v) is 6.10. The van der Waals surface area contributed by atoms with Crippen molar-refractivity contribution in [2.75, 3.05) is 13.6 Å². The van der Waals surface area contributed by atoms with Crippen LogP contribution in [0.15, 0.2) is 24.5 Å². The highest BCUT2D eigenvalue weighted by molar-refractivity contribution is 5.08. The molecule has 88 valence electrons. The van der Waals surface area contributed by atoms with E-state index in [0.717, 1.165) is 6.54 Å². The summed E-state index contributed by atoms with van der Waals surface area (Å²) in [5.74, 6) is 0. The lowest BCUT2D eigenvalue weighted by Gasteiger charge is -2.37. The third-order valence-corrected chi connectivity index (χ3v) is 3.53. The van der Waals surface area contributed by atoms with Crippen LogP contribution in [-0.4, -0.2) is 35.6 Å². The van der Waals surface area contributed by atoms with E-state index in [0.29, 0.717) is 12.1 Å². The average molecular weight is 219 g/mol. The van der Waals surface area contributed by atoms with E-state index in [4.69, 9.17) is 0 Å². The molecule has 0 bridgehead atoms. The number of nitrogens with one attached hydrogen (secondary N) is 1. The molecule has 16 heavy (non-hydrogen) atoms. The van der Waals surface area contributed by atoms with Gasteiger partial charge in [0.1, 0.15) is 0 Å². The Morgan fingerprint density at radius 3 is 3.06 bits per heavy atom. The molecule has 2 heterocycles. The molecule has 0 radical (unpaired) electrons. The number of rotatable bonds is 3. The van der Waals surface area contributed by atoms with Crippen molar-refractivity contribution in [1.29, 1.82) is 0 Å². The fraction of sp³-hybridized carbons (Fsp3) is 0.615. The van der Waals surface area contributed by atoms with Gasteiger partial charge >= 0.3 is 0 Å². The standard InChI is InChI=1S/C13H21N3/c1-11-8-13(14-2)5-7-16(11)10-12-4-3-6-15-9-12/h3-4,6,9,11,13-14H,5,7-8,10H2,1-2H3. The molecule has 1 N–H and O–H groups in total. The van der Waals surface area contributed by atoms with Gasteiger partial charge in [0.05, 0.1) is 0 Å². The van der Waals surface area contributed by atoms with Crippen LogP contribution < -0.4 is 5.32 Å². The van der Waals surface area contributed by atoms with Gasteiger partial charge in [0.15, 0.2) is 0 Å². The Balaban J connectivity index is 1.92. The van der Waals surface area contributed by atoms with Crippen LogP contribution in [-0.2, 0) is 6.54 Å². The van der Waals surface area contributed by atoms with Gasteiger partial charge in [0.25, 0.3) is 0 Å². The summed E-state index contributed by atoms with van der Waals surface area (Å²) in [6, 6.07) is 5.52. The van der Waals surface area contributed by atoms with Gasteiger partial charge in [-0.3, -0.25) is 9.88 Å². The van der Waals surface area contributed by atoms with Crippen molar-refractivity contribution in [2.24, 2.45) is 0 Å². The summed E-state index contributed by atoms with van der Waals surface area (Å²) in [4.78, 5) is 6.71. The summed E-state index contributed by atoms with van der Waals surface area (Å²) in [6.45, 7) is 4.53. The monoisotopic (exact) mass is 219 g/mol. The smallest absolute Gasteiger partial charge is 0.0312 e. The van der Waals surface area contributed by atoms with Gasteiger partial charge in [0, 0.05) is 37.6 Å². The first kappa shape index (κ1) is 11.6. The van der Waals surface area contributed by atoms with E-state index in [-0.39, 0.29) is 0 Å². The molecular weight excluding hydrogens is 198 g/mol. The minimum Gasteiger partial charge on any atom is -0.317 e. The summed E-state index contributed by atoms with van der Waals surface area (Å²) in [7, 11) is 2.06. The average Bonchev–Trinajstić information content (AvgIpc) is 2.33. The number of pyridine rings is 1. The number of likely N-dealkylation sites (tertiary alicyclic amines) is 1. The van der Waals surface area contributed by atoms with E-state index in [1.165, 1.54) is 24.9 Å². The van der Waals surface area contributed by atoms with Gasteiger partial charge in [-0.05, 0) is 38.4 Å². The van der Waals surface area contributed by atoms with Gasteiger partial charge in [0.2, 0.25) is 0 Å². The molecule has 2 rings (SSSR count). The van der Waals surface area contributed by atoms with Crippen molar-refractivity contribution in [3.63, 3.8) is 0 Å². The van der Waals surface area contributed by atoms with Crippen LogP contribution in [0.5, 0.6) is 0 Å². The summed E-state index contributed by atoms with van der Waals surface area (Å²) in [5, 5.41) is 3.38. The van der Waals surface area contributed by atoms with Crippen LogP contribution in [0.25, 0.3) is 0 Å². The molecule has 0 spiro atoms. The molecule has 1 saturated heterocycles. The molecule has 3 heteroatoms. The van der Waals surface area contributed by atoms with Crippen LogP contribution in [0.3, 0.4) is 0 Å². The zero-order valence-corrected chi connectivity index (χ0v) is 10.2. The Morgan fingerprint density at radius 2 is 2.44 bits per heavy atom. The number of aromatic nitrogens is 1. The van der Waals surface area contributed by atoms with Crippen LogP contribution in [0.4, 0.5) is 0 Å². The van der Waals surface area contributed by atoms with E-state index >= 15 is 0 Å². The topological polar surface area (TPSA) is 28.2 Å². The number of hydrogen-bond acceptors (Lipinski definition) is 3. The minimum atomic E-state index is 0.659. The Kier molecular flexibility index (Phi) is 3.91. The largest absolute Gasteiger partial charge is 0.317 e. The Bertz CT molecular complexity index is 312. The third kappa shape index (κ3) is 2.80. The lowest BCUT2D eigenvalue weighted by atomic mass is 9.98. The number of hydrogen-bond donors (Lipinski definition) is 1. The molecule has 0 saturated carbocycles. The Morgan fingerprint density at radius 1 is 1.56 bits per heavy atom. The van der Waals surface area contributed by atoms with Gasteiger partial charge in [-0.1, -0.05) is 6.07 Å². The van der Waals surface area contributed by atoms with Gasteiger partial charge < -0.3 is 5.32 Å². The van der Waals surface area contributed by atoms with Crippen LogP contribution in [0.1, 0.15) is 25.3 Å². The Hall–Kier alpha value is -0.930. The molecule has 3 nitrogen and oxygen atoms in total. The predicted octanol–water partition coefficient (Wildman–Crippen LogP) is 1.65. The molecule has 0 amide bonds. The quantitative estimate of drug-likeness (QED) is 0.838. The molecule has 2 atom stereocenters. The van der Waals surface area contributed by atoms with E-state index < -0.39 is 0 Å². The lowest BCUT2D eigenvalue weighted by Crippen LogP contribution is -2.46. The van der Waals surface area contributed by atoms with Gasteiger partial charge in [-0.2, -0.15) is 0 Å². The normalized spacial score (nSPS) is 26.9. The highest BCUT2D eigenvalue weighted by atomic mass is 15.2. The predicted molar refractivity (Wildman–Crippen MR) is 66.2 cm³/mol. The second kappa shape index (κ2) is 5.41. The second-order valence-corrected chi connectivity index (χ2v) is 4.69. The van der Waals surface area contributed by atoms with Crippen LogP contribution in [0.2, 0.25) is 0 Å². The molecule has 1 fully saturated rings. The molecule has 0 aliphatic carbocycles. The second-order valence-electron chi connectivity index (χ2n) is 4.69. The summed E-state index contributed by atoms with van der Waals surface area (Å²) >= 11 is 0. The van der Waals surface area contributed by atoms with Crippen molar-refractivity contribution in [2.45, 2.75) is 38.4 Å². The molecule has 1 aliphatic heterocycles. The number of nitrogens with zero attached hydrogens (tertiary/aromatic N) is 2. The summed E-state index contributed by atoms with van der Waals surface area (Å²) in [6.07, 6.45) is 6.30. The van der Waals surface area contributed by atoms with E-state index in [1.54, 1.807) is 0 Å². The van der Waals surface area contributed by atoms with E-state index in [2.05, 4.69) is 35.2 Å². The van der Waals surface area contributed by atoms with Gasteiger partial charge in [-0.15, -0.1) is 0 Å². The highest BCUT2D eigenvalue weighted by Crippen LogP contribution is 2.19. The molecule has 1 aromatic rings. The first-order valence-electron chi connectivity index (χ1n) is 6.10. The SMILES string of the molecule is CNC1CCN(Cc2cccnc2)C(C)C1. The molecular formula is C13H21N3. The summed E-state index contributed by atoms with van der Waals surface area (Å²) < 4.78 is 0. The Labute approximate surface area is 97.9 Å². The van der Waals surface area contributed by atoms with E-state index in [1.807, 2.05) is 18.5 Å². The zero-order valence-electron chi connectivity index (χ0n) is 10.2. The summed E-state index contributed by atoms with van der Waals surface area (Å²) in [5.41, 5.74) is 1.32. The maximum atomic E-state index is 4.17. The van der Waals surface area contributed by atoms with Crippen molar-refractivity contribution >= 4 is 0 Å². The van der Waals surface area contributed by atoms with Crippen molar-refractivity contribution < 1.29 is 0 Å². The maximum Gasteiger partial charge on any atom is 0.0312 e. The van der Waals surface area contributed by atoms with Crippen molar-refractivity contribution in [3.8, 4) is 0 Å². The van der Waals surface area contributed by atoms with Crippen molar-refractivity contribution in [3.05, 3.63) is 30.1 Å². The molecule has 2 unspecified atom stereocenters. The molecule has 0 aromatic carbocycles.